The van der Waals surface area contributed by atoms with Gasteiger partial charge in [-0.25, -0.2) is 4.39 Å². The number of carboxylic acids is 1. The first-order valence-electron chi connectivity index (χ1n) is 6.16. The van der Waals surface area contributed by atoms with E-state index in [1.165, 1.54) is 12.1 Å². The highest BCUT2D eigenvalue weighted by Crippen LogP contribution is 2.44. The molecule has 1 aliphatic carbocycles. The summed E-state index contributed by atoms with van der Waals surface area (Å²) in [7, 11) is 0. The summed E-state index contributed by atoms with van der Waals surface area (Å²) in [6.07, 6.45) is 1.92. The number of benzene rings is 1. The predicted octanol–water partition coefficient (Wildman–Crippen LogP) is 3.12. The summed E-state index contributed by atoms with van der Waals surface area (Å²) in [6.45, 7) is 3.63. The molecule has 1 fully saturated rings. The van der Waals surface area contributed by atoms with Gasteiger partial charge in [0.2, 0.25) is 0 Å². The Morgan fingerprint density at radius 3 is 2.50 bits per heavy atom. The molecule has 1 aliphatic rings. The minimum Gasteiger partial charge on any atom is -0.488 e. The molecule has 0 radical (unpaired) electrons. The Hall–Kier alpha value is -1.58. The largest absolute Gasteiger partial charge is 0.488 e. The number of rotatable bonds is 4. The monoisotopic (exact) mass is 252 g/mol. The number of carbonyl (C=O) groups is 1. The molecule has 0 aliphatic heterocycles. The van der Waals surface area contributed by atoms with E-state index in [1.807, 2.05) is 13.8 Å². The van der Waals surface area contributed by atoms with Gasteiger partial charge in [0.25, 0.3) is 0 Å². The molecule has 3 nitrogen and oxygen atoms in total. The fraction of sp³-hybridized carbons (Fsp3) is 0.500. The molecule has 0 heterocycles. The molecule has 18 heavy (non-hydrogen) atoms. The van der Waals surface area contributed by atoms with Gasteiger partial charge in [0.15, 0.2) is 11.6 Å². The average Bonchev–Trinajstić information content (AvgIpc) is 2.19. The van der Waals surface area contributed by atoms with Crippen molar-refractivity contribution in [2.24, 2.45) is 0 Å². The normalized spacial score (nSPS) is 17.3. The summed E-state index contributed by atoms with van der Waals surface area (Å²) in [6, 6.07) is 4.48. The Kier molecular flexibility index (Phi) is 3.28. The molecule has 0 atom stereocenters. The van der Waals surface area contributed by atoms with Crippen LogP contribution in [0.1, 0.15) is 38.7 Å². The molecule has 0 saturated heterocycles. The van der Waals surface area contributed by atoms with Gasteiger partial charge < -0.3 is 9.84 Å². The zero-order chi connectivity index (χ0) is 13.3. The van der Waals surface area contributed by atoms with Gasteiger partial charge in [0, 0.05) is 0 Å². The smallest absolute Gasteiger partial charge is 0.314 e. The Morgan fingerprint density at radius 2 is 2.11 bits per heavy atom. The minimum absolute atomic E-state index is 0.109. The van der Waals surface area contributed by atoms with Crippen molar-refractivity contribution in [3.8, 4) is 5.75 Å². The average molecular weight is 252 g/mol. The first-order chi connectivity index (χ1) is 8.45. The lowest BCUT2D eigenvalue weighted by Gasteiger charge is -2.38. The third kappa shape index (κ3) is 2.07. The number of hydrogen-bond acceptors (Lipinski definition) is 2. The fourth-order valence-electron chi connectivity index (χ4n) is 2.30. The van der Waals surface area contributed by atoms with Crippen LogP contribution < -0.4 is 4.74 Å². The molecule has 1 saturated carbocycles. The molecule has 0 spiro atoms. The van der Waals surface area contributed by atoms with Crippen molar-refractivity contribution in [2.75, 3.05) is 0 Å². The number of carboxylic acid groups (broad SMARTS) is 1. The van der Waals surface area contributed by atoms with E-state index >= 15 is 0 Å². The topological polar surface area (TPSA) is 46.5 Å². The van der Waals surface area contributed by atoms with Gasteiger partial charge >= 0.3 is 5.97 Å². The molecular weight excluding hydrogens is 235 g/mol. The van der Waals surface area contributed by atoms with E-state index in [2.05, 4.69) is 0 Å². The van der Waals surface area contributed by atoms with Crippen molar-refractivity contribution in [2.45, 2.75) is 44.6 Å². The van der Waals surface area contributed by atoms with Crippen LogP contribution in [0.5, 0.6) is 5.75 Å². The van der Waals surface area contributed by atoms with E-state index in [0.29, 0.717) is 18.4 Å². The fourth-order valence-corrected chi connectivity index (χ4v) is 2.30. The maximum Gasteiger partial charge on any atom is 0.314 e. The molecule has 2 rings (SSSR count). The Bertz CT molecular complexity index is 464. The second-order valence-corrected chi connectivity index (χ2v) is 5.05. The highest BCUT2D eigenvalue weighted by Gasteiger charge is 2.46. The van der Waals surface area contributed by atoms with Crippen LogP contribution in [0.4, 0.5) is 4.39 Å². The van der Waals surface area contributed by atoms with Crippen molar-refractivity contribution < 1.29 is 19.0 Å². The standard InChI is InChI=1S/C14H17FO3/c1-9(2)18-12-5-4-10(8-11(12)15)14(13(16)17)6-3-7-14/h4-5,8-9H,3,6-7H2,1-2H3,(H,16,17). The molecule has 1 aromatic carbocycles. The lowest BCUT2D eigenvalue weighted by atomic mass is 9.64. The second-order valence-electron chi connectivity index (χ2n) is 5.05. The number of ether oxygens (including phenoxy) is 1. The van der Waals surface area contributed by atoms with Crippen LogP contribution in [0.15, 0.2) is 18.2 Å². The van der Waals surface area contributed by atoms with Gasteiger partial charge in [-0.05, 0) is 44.4 Å². The molecular formula is C14H17FO3. The lowest BCUT2D eigenvalue weighted by Crippen LogP contribution is -2.42. The van der Waals surface area contributed by atoms with Crippen LogP contribution in [0.3, 0.4) is 0 Å². The first kappa shape index (κ1) is 12.9. The van der Waals surface area contributed by atoms with Gasteiger partial charge in [-0.2, -0.15) is 0 Å². The highest BCUT2D eigenvalue weighted by atomic mass is 19.1. The first-order valence-corrected chi connectivity index (χ1v) is 6.16. The third-order valence-corrected chi connectivity index (χ3v) is 3.46. The van der Waals surface area contributed by atoms with Crippen LogP contribution >= 0.6 is 0 Å². The van der Waals surface area contributed by atoms with Crippen molar-refractivity contribution in [3.63, 3.8) is 0 Å². The van der Waals surface area contributed by atoms with Crippen molar-refractivity contribution in [3.05, 3.63) is 29.6 Å². The van der Waals surface area contributed by atoms with E-state index in [4.69, 9.17) is 4.74 Å². The zero-order valence-electron chi connectivity index (χ0n) is 10.6. The molecule has 98 valence electrons. The van der Waals surface area contributed by atoms with E-state index in [0.717, 1.165) is 6.42 Å². The summed E-state index contributed by atoms with van der Waals surface area (Å²) in [5.74, 6) is -1.19. The van der Waals surface area contributed by atoms with Gasteiger partial charge in [-0.3, -0.25) is 4.79 Å². The minimum atomic E-state index is -0.892. The highest BCUT2D eigenvalue weighted by molar-refractivity contribution is 5.82. The van der Waals surface area contributed by atoms with E-state index < -0.39 is 17.2 Å². The van der Waals surface area contributed by atoms with Crippen molar-refractivity contribution >= 4 is 5.97 Å². The summed E-state index contributed by atoms with van der Waals surface area (Å²) in [4.78, 5) is 11.3. The quantitative estimate of drug-likeness (QED) is 0.895. The van der Waals surface area contributed by atoms with Crippen molar-refractivity contribution in [1.29, 1.82) is 0 Å². The van der Waals surface area contributed by atoms with Crippen LogP contribution in [0, 0.1) is 5.82 Å². The Morgan fingerprint density at radius 1 is 1.44 bits per heavy atom. The van der Waals surface area contributed by atoms with Crippen LogP contribution in [0.2, 0.25) is 0 Å². The van der Waals surface area contributed by atoms with E-state index in [1.54, 1.807) is 6.07 Å². The molecule has 0 bridgehead atoms. The summed E-state index contributed by atoms with van der Waals surface area (Å²) in [5.41, 5.74) is -0.355. The Balaban J connectivity index is 2.31. The van der Waals surface area contributed by atoms with Gasteiger partial charge in [0.05, 0.1) is 11.5 Å². The third-order valence-electron chi connectivity index (χ3n) is 3.46. The zero-order valence-corrected chi connectivity index (χ0v) is 10.6. The number of halogens is 1. The molecule has 1 N–H and O–H groups in total. The molecule has 1 aromatic rings. The molecule has 4 heteroatoms. The van der Waals surface area contributed by atoms with Gasteiger partial charge in [0.1, 0.15) is 0 Å². The predicted molar refractivity (Wildman–Crippen MR) is 65.3 cm³/mol. The molecule has 0 unspecified atom stereocenters. The van der Waals surface area contributed by atoms with Crippen molar-refractivity contribution in [1.82, 2.24) is 0 Å². The van der Waals surface area contributed by atoms with Crippen LogP contribution in [-0.4, -0.2) is 17.2 Å². The van der Waals surface area contributed by atoms with Gasteiger partial charge in [-0.15, -0.1) is 0 Å². The lowest BCUT2D eigenvalue weighted by molar-refractivity contribution is -0.147. The number of aliphatic carboxylic acids is 1. The molecule has 0 aromatic heterocycles. The van der Waals surface area contributed by atoms with E-state index in [-0.39, 0.29) is 11.9 Å². The number of hydrogen-bond donors (Lipinski definition) is 1. The Labute approximate surface area is 106 Å². The van der Waals surface area contributed by atoms with Gasteiger partial charge in [-0.1, -0.05) is 12.5 Å². The summed E-state index contributed by atoms with van der Waals surface area (Å²) >= 11 is 0. The SMILES string of the molecule is CC(C)Oc1ccc(C2(C(=O)O)CCC2)cc1F. The summed E-state index contributed by atoms with van der Waals surface area (Å²) in [5, 5.41) is 9.29. The maximum atomic E-state index is 13.8. The summed E-state index contributed by atoms with van der Waals surface area (Å²) < 4.78 is 19.1. The second kappa shape index (κ2) is 4.59. The van der Waals surface area contributed by atoms with E-state index in [9.17, 15) is 14.3 Å². The maximum absolute atomic E-state index is 13.8. The van der Waals surface area contributed by atoms with Crippen LogP contribution in [-0.2, 0) is 10.2 Å². The van der Waals surface area contributed by atoms with Crippen LogP contribution in [0.25, 0.3) is 0 Å². The molecule has 0 amide bonds.